The van der Waals surface area contributed by atoms with Gasteiger partial charge in [0.15, 0.2) is 0 Å². The molecule has 1 aromatic heterocycles. The van der Waals surface area contributed by atoms with E-state index in [2.05, 4.69) is 46.0 Å². The van der Waals surface area contributed by atoms with Gasteiger partial charge in [0, 0.05) is 21.4 Å². The zero-order valence-corrected chi connectivity index (χ0v) is 10.7. The lowest BCUT2D eigenvalue weighted by atomic mass is 10.1. The van der Waals surface area contributed by atoms with Gasteiger partial charge in [-0.15, -0.1) is 0 Å². The summed E-state index contributed by atoms with van der Waals surface area (Å²) in [6, 6.07) is 10.2. The molecule has 0 aliphatic heterocycles. The van der Waals surface area contributed by atoms with E-state index < -0.39 is 0 Å². The van der Waals surface area contributed by atoms with E-state index in [1.165, 1.54) is 5.56 Å². The summed E-state index contributed by atoms with van der Waals surface area (Å²) in [5.41, 5.74) is 4.92. The summed E-state index contributed by atoms with van der Waals surface area (Å²) in [5, 5.41) is 8.92. The first-order valence-electron chi connectivity index (χ1n) is 4.98. The Balaban J connectivity index is 2.59. The Labute approximate surface area is 103 Å². The number of aromatic amines is 1. The maximum atomic E-state index is 8.92. The van der Waals surface area contributed by atoms with Gasteiger partial charge >= 0.3 is 0 Å². The lowest BCUT2D eigenvalue weighted by Crippen LogP contribution is -1.83. The van der Waals surface area contributed by atoms with Crippen molar-refractivity contribution in [2.24, 2.45) is 0 Å². The van der Waals surface area contributed by atoms with Crippen LogP contribution in [0.1, 0.15) is 16.8 Å². The van der Waals surface area contributed by atoms with E-state index in [1.807, 2.05) is 19.1 Å². The molecule has 16 heavy (non-hydrogen) atoms. The summed E-state index contributed by atoms with van der Waals surface area (Å²) in [4.78, 5) is 3.24. The fourth-order valence-corrected chi connectivity index (χ4v) is 2.06. The molecular formula is C13H11BrN2. The topological polar surface area (TPSA) is 39.6 Å². The van der Waals surface area contributed by atoms with Gasteiger partial charge in [-0.2, -0.15) is 5.26 Å². The fraction of sp³-hybridized carbons (Fsp3) is 0.154. The molecule has 1 heterocycles. The Morgan fingerprint density at radius 3 is 2.62 bits per heavy atom. The number of benzene rings is 1. The van der Waals surface area contributed by atoms with Crippen LogP contribution in [0.15, 0.2) is 28.7 Å². The Morgan fingerprint density at radius 1 is 1.25 bits per heavy atom. The van der Waals surface area contributed by atoms with Crippen molar-refractivity contribution in [3.05, 3.63) is 45.6 Å². The van der Waals surface area contributed by atoms with E-state index in [1.54, 1.807) is 0 Å². The van der Waals surface area contributed by atoms with Crippen LogP contribution in [0.25, 0.3) is 11.3 Å². The molecular weight excluding hydrogens is 264 g/mol. The molecule has 0 atom stereocenters. The van der Waals surface area contributed by atoms with Gasteiger partial charge in [0.05, 0.1) is 5.56 Å². The van der Waals surface area contributed by atoms with Crippen molar-refractivity contribution >= 4 is 15.9 Å². The largest absolute Gasteiger partial charge is 0.358 e. The smallest absolute Gasteiger partial charge is 0.101 e. The van der Waals surface area contributed by atoms with E-state index in [0.717, 1.165) is 21.4 Å². The summed E-state index contributed by atoms with van der Waals surface area (Å²) in [6.45, 7) is 3.97. The number of rotatable bonds is 1. The van der Waals surface area contributed by atoms with Gasteiger partial charge in [0.2, 0.25) is 0 Å². The molecule has 2 nitrogen and oxygen atoms in total. The number of nitrogens with one attached hydrogen (secondary N) is 1. The minimum atomic E-state index is 0.703. The SMILES string of the molecule is Cc1ccc(Br)cc1-c1cc(C#N)c(C)[nH]1. The standard InChI is InChI=1S/C13H11BrN2/c1-8-3-4-11(14)6-12(8)13-5-10(7-15)9(2)16-13/h3-6,16H,1-2H3. The lowest BCUT2D eigenvalue weighted by molar-refractivity contribution is 1.25. The van der Waals surface area contributed by atoms with E-state index in [4.69, 9.17) is 5.26 Å². The zero-order chi connectivity index (χ0) is 11.7. The first-order chi connectivity index (χ1) is 7.61. The summed E-state index contributed by atoms with van der Waals surface area (Å²) in [7, 11) is 0. The highest BCUT2D eigenvalue weighted by molar-refractivity contribution is 9.10. The molecule has 0 saturated carbocycles. The van der Waals surface area contributed by atoms with Gasteiger partial charge in [0.1, 0.15) is 6.07 Å². The van der Waals surface area contributed by atoms with Crippen molar-refractivity contribution < 1.29 is 0 Å². The first-order valence-corrected chi connectivity index (χ1v) is 5.77. The number of nitrogens with zero attached hydrogens (tertiary/aromatic N) is 1. The third-order valence-electron chi connectivity index (χ3n) is 2.63. The average molecular weight is 275 g/mol. The first kappa shape index (κ1) is 11.0. The third-order valence-corrected chi connectivity index (χ3v) is 3.12. The molecule has 2 aromatic rings. The summed E-state index contributed by atoms with van der Waals surface area (Å²) >= 11 is 3.46. The van der Waals surface area contributed by atoms with E-state index in [0.29, 0.717) is 5.56 Å². The molecule has 1 aromatic carbocycles. The van der Waals surface area contributed by atoms with Crippen LogP contribution in [-0.2, 0) is 0 Å². The highest BCUT2D eigenvalue weighted by Gasteiger charge is 2.08. The predicted molar refractivity (Wildman–Crippen MR) is 68.1 cm³/mol. The van der Waals surface area contributed by atoms with E-state index >= 15 is 0 Å². The lowest BCUT2D eigenvalue weighted by Gasteiger charge is -2.03. The van der Waals surface area contributed by atoms with Crippen molar-refractivity contribution in [3.8, 4) is 17.3 Å². The van der Waals surface area contributed by atoms with Gasteiger partial charge in [-0.05, 0) is 37.6 Å². The molecule has 0 fully saturated rings. The molecule has 0 saturated heterocycles. The van der Waals surface area contributed by atoms with Gasteiger partial charge in [-0.1, -0.05) is 22.0 Å². The second-order valence-electron chi connectivity index (χ2n) is 3.79. The number of hydrogen-bond acceptors (Lipinski definition) is 1. The molecule has 0 amide bonds. The molecule has 0 unspecified atom stereocenters. The fourth-order valence-electron chi connectivity index (χ4n) is 1.70. The Morgan fingerprint density at radius 2 is 2.00 bits per heavy atom. The summed E-state index contributed by atoms with van der Waals surface area (Å²) in [6.07, 6.45) is 0. The molecule has 2 rings (SSSR count). The van der Waals surface area contributed by atoms with Crippen LogP contribution < -0.4 is 0 Å². The van der Waals surface area contributed by atoms with Crippen molar-refractivity contribution in [1.29, 1.82) is 5.26 Å². The number of halogens is 1. The van der Waals surface area contributed by atoms with Crippen molar-refractivity contribution in [2.75, 3.05) is 0 Å². The number of aromatic nitrogens is 1. The second kappa shape index (κ2) is 4.15. The summed E-state index contributed by atoms with van der Waals surface area (Å²) < 4.78 is 1.04. The number of nitriles is 1. The Hall–Kier alpha value is -1.53. The summed E-state index contributed by atoms with van der Waals surface area (Å²) in [5.74, 6) is 0. The molecule has 0 bridgehead atoms. The van der Waals surface area contributed by atoms with Crippen LogP contribution in [0.3, 0.4) is 0 Å². The minimum Gasteiger partial charge on any atom is -0.358 e. The quantitative estimate of drug-likeness (QED) is 0.841. The molecule has 0 aliphatic rings. The normalized spacial score (nSPS) is 10.1. The van der Waals surface area contributed by atoms with Crippen LogP contribution in [0.4, 0.5) is 0 Å². The van der Waals surface area contributed by atoms with Crippen LogP contribution in [0, 0.1) is 25.2 Å². The molecule has 0 spiro atoms. The monoisotopic (exact) mass is 274 g/mol. The van der Waals surface area contributed by atoms with Gasteiger partial charge in [-0.3, -0.25) is 0 Å². The third kappa shape index (κ3) is 1.89. The second-order valence-corrected chi connectivity index (χ2v) is 4.71. The highest BCUT2D eigenvalue weighted by Crippen LogP contribution is 2.27. The maximum absolute atomic E-state index is 8.92. The van der Waals surface area contributed by atoms with Crippen LogP contribution in [0.5, 0.6) is 0 Å². The van der Waals surface area contributed by atoms with Crippen molar-refractivity contribution in [3.63, 3.8) is 0 Å². The molecule has 1 N–H and O–H groups in total. The average Bonchev–Trinajstić information content (AvgIpc) is 2.63. The van der Waals surface area contributed by atoms with E-state index in [-0.39, 0.29) is 0 Å². The highest BCUT2D eigenvalue weighted by atomic mass is 79.9. The van der Waals surface area contributed by atoms with Crippen LogP contribution in [0.2, 0.25) is 0 Å². The molecule has 3 heteroatoms. The van der Waals surface area contributed by atoms with E-state index in [9.17, 15) is 0 Å². The number of hydrogen-bond donors (Lipinski definition) is 1. The van der Waals surface area contributed by atoms with Gasteiger partial charge in [0.25, 0.3) is 0 Å². The Kier molecular flexibility index (Phi) is 2.84. The van der Waals surface area contributed by atoms with Gasteiger partial charge in [-0.25, -0.2) is 0 Å². The molecule has 0 aliphatic carbocycles. The van der Waals surface area contributed by atoms with Crippen molar-refractivity contribution in [2.45, 2.75) is 13.8 Å². The zero-order valence-electron chi connectivity index (χ0n) is 9.13. The van der Waals surface area contributed by atoms with Crippen LogP contribution in [-0.4, -0.2) is 4.98 Å². The Bertz CT molecular complexity index is 576. The number of aryl methyl sites for hydroxylation is 2. The minimum absolute atomic E-state index is 0.703. The van der Waals surface area contributed by atoms with Gasteiger partial charge < -0.3 is 4.98 Å². The van der Waals surface area contributed by atoms with Crippen LogP contribution >= 0.6 is 15.9 Å². The number of H-pyrrole nitrogens is 1. The maximum Gasteiger partial charge on any atom is 0.101 e. The van der Waals surface area contributed by atoms with Crippen molar-refractivity contribution in [1.82, 2.24) is 4.98 Å². The molecule has 80 valence electrons. The predicted octanol–water partition coefficient (Wildman–Crippen LogP) is 3.93. The molecule has 0 radical (unpaired) electrons.